The van der Waals surface area contributed by atoms with Crippen molar-refractivity contribution in [3.05, 3.63) is 0 Å². The van der Waals surface area contributed by atoms with Gasteiger partial charge in [-0.15, -0.1) is 0 Å². The first-order chi connectivity index (χ1) is 6.22. The molecule has 1 N–H and O–H groups in total. The minimum absolute atomic E-state index is 0.0141. The van der Waals surface area contributed by atoms with Crippen LogP contribution in [0.5, 0.6) is 0 Å². The zero-order valence-electron chi connectivity index (χ0n) is 8.10. The Morgan fingerprint density at radius 1 is 1.62 bits per heavy atom. The smallest absolute Gasteiger partial charge is 0.234 e. The molecule has 1 fully saturated rings. The third-order valence-corrected chi connectivity index (χ3v) is 3.06. The van der Waals surface area contributed by atoms with E-state index in [1.807, 2.05) is 6.07 Å². The Balaban J connectivity index is 2.25. The minimum atomic E-state index is -0.137. The average Bonchev–Trinajstić information content (AvgIpc) is 2.04. The van der Waals surface area contributed by atoms with Crippen LogP contribution < -0.4 is 5.32 Å². The van der Waals surface area contributed by atoms with Gasteiger partial charge in [-0.25, -0.2) is 0 Å². The van der Waals surface area contributed by atoms with Gasteiger partial charge in [0.15, 0.2) is 0 Å². The molecule has 0 spiro atoms. The minimum Gasteiger partial charge on any atom is -0.355 e. The maximum absolute atomic E-state index is 11.0. The molecular formula is C10H16N2O. The van der Waals surface area contributed by atoms with Crippen LogP contribution in [0.4, 0.5) is 0 Å². The highest BCUT2D eigenvalue weighted by atomic mass is 16.1. The van der Waals surface area contributed by atoms with E-state index in [0.29, 0.717) is 5.41 Å². The monoisotopic (exact) mass is 180 g/mol. The summed E-state index contributed by atoms with van der Waals surface area (Å²) in [6.07, 6.45) is 4.83. The molecule has 0 aromatic rings. The van der Waals surface area contributed by atoms with Crippen molar-refractivity contribution >= 4 is 5.91 Å². The van der Waals surface area contributed by atoms with Crippen molar-refractivity contribution in [2.24, 2.45) is 5.41 Å². The Bertz CT molecular complexity index is 220. The Labute approximate surface area is 79.1 Å². The summed E-state index contributed by atoms with van der Waals surface area (Å²) in [7, 11) is 0. The maximum Gasteiger partial charge on any atom is 0.234 e. The second-order valence-electron chi connectivity index (χ2n) is 3.82. The SMILES string of the molecule is CCC1(CNC(=O)CC#N)CCC1. The molecule has 72 valence electrons. The van der Waals surface area contributed by atoms with Crippen LogP contribution in [0.2, 0.25) is 0 Å². The third kappa shape index (κ3) is 2.45. The quantitative estimate of drug-likeness (QED) is 0.714. The fraction of sp³-hybridized carbons (Fsp3) is 0.800. The number of nitriles is 1. The van der Waals surface area contributed by atoms with Crippen LogP contribution in [-0.2, 0) is 4.79 Å². The van der Waals surface area contributed by atoms with Crippen LogP contribution in [-0.4, -0.2) is 12.5 Å². The number of nitrogens with zero attached hydrogens (tertiary/aromatic N) is 1. The molecule has 1 aliphatic rings. The van der Waals surface area contributed by atoms with Gasteiger partial charge in [-0.05, 0) is 24.7 Å². The molecule has 1 amide bonds. The third-order valence-electron chi connectivity index (χ3n) is 3.06. The number of hydrogen-bond donors (Lipinski definition) is 1. The zero-order valence-corrected chi connectivity index (χ0v) is 8.10. The molecule has 13 heavy (non-hydrogen) atoms. The van der Waals surface area contributed by atoms with E-state index < -0.39 is 0 Å². The summed E-state index contributed by atoms with van der Waals surface area (Å²) in [4.78, 5) is 11.0. The van der Waals surface area contributed by atoms with Crippen LogP contribution in [0.15, 0.2) is 0 Å². The van der Waals surface area contributed by atoms with E-state index in [9.17, 15) is 4.79 Å². The molecule has 0 radical (unpaired) electrons. The molecular weight excluding hydrogens is 164 g/mol. The van der Waals surface area contributed by atoms with Crippen molar-refractivity contribution in [1.82, 2.24) is 5.32 Å². The highest BCUT2D eigenvalue weighted by Gasteiger charge is 2.34. The second kappa shape index (κ2) is 4.27. The summed E-state index contributed by atoms with van der Waals surface area (Å²) in [6, 6.07) is 1.85. The van der Waals surface area contributed by atoms with Crippen LogP contribution in [0, 0.1) is 16.7 Å². The highest BCUT2D eigenvalue weighted by molar-refractivity contribution is 5.77. The lowest BCUT2D eigenvalue weighted by atomic mass is 9.67. The van der Waals surface area contributed by atoms with Gasteiger partial charge in [0.05, 0.1) is 6.07 Å². The predicted molar refractivity (Wildman–Crippen MR) is 49.8 cm³/mol. The lowest BCUT2D eigenvalue weighted by Gasteiger charge is -2.41. The van der Waals surface area contributed by atoms with Crippen molar-refractivity contribution in [2.75, 3.05) is 6.54 Å². The molecule has 0 unspecified atom stereocenters. The molecule has 1 aliphatic carbocycles. The Hall–Kier alpha value is -1.04. The molecule has 0 aromatic carbocycles. The summed E-state index contributed by atoms with van der Waals surface area (Å²) in [5.41, 5.74) is 0.352. The summed E-state index contributed by atoms with van der Waals surface area (Å²) in [5.74, 6) is -0.137. The van der Waals surface area contributed by atoms with Crippen molar-refractivity contribution in [3.8, 4) is 6.07 Å². The molecule has 1 rings (SSSR count). The van der Waals surface area contributed by atoms with Crippen LogP contribution in [0.25, 0.3) is 0 Å². The number of hydrogen-bond acceptors (Lipinski definition) is 2. The molecule has 0 bridgehead atoms. The van der Waals surface area contributed by atoms with Gasteiger partial charge in [0.25, 0.3) is 0 Å². The predicted octanol–water partition coefficient (Wildman–Crippen LogP) is 1.60. The normalized spacial score (nSPS) is 18.5. The van der Waals surface area contributed by atoms with Crippen LogP contribution >= 0.6 is 0 Å². The molecule has 3 nitrogen and oxygen atoms in total. The van der Waals surface area contributed by atoms with Gasteiger partial charge in [0.2, 0.25) is 5.91 Å². The second-order valence-corrected chi connectivity index (χ2v) is 3.82. The summed E-state index contributed by atoms with van der Waals surface area (Å²) in [5, 5.41) is 11.1. The van der Waals surface area contributed by atoms with Gasteiger partial charge in [-0.1, -0.05) is 13.3 Å². The van der Waals surface area contributed by atoms with E-state index in [4.69, 9.17) is 5.26 Å². The van der Waals surface area contributed by atoms with Crippen LogP contribution in [0.3, 0.4) is 0 Å². The molecule has 0 aromatic heterocycles. The Morgan fingerprint density at radius 2 is 2.31 bits per heavy atom. The molecule has 0 atom stereocenters. The summed E-state index contributed by atoms with van der Waals surface area (Å²) >= 11 is 0. The molecule has 3 heteroatoms. The fourth-order valence-corrected chi connectivity index (χ4v) is 1.75. The van der Waals surface area contributed by atoms with Crippen molar-refractivity contribution in [1.29, 1.82) is 5.26 Å². The van der Waals surface area contributed by atoms with Crippen molar-refractivity contribution in [3.63, 3.8) is 0 Å². The van der Waals surface area contributed by atoms with Gasteiger partial charge in [0.1, 0.15) is 6.42 Å². The van der Waals surface area contributed by atoms with E-state index in [-0.39, 0.29) is 12.3 Å². The molecule has 0 heterocycles. The molecule has 1 saturated carbocycles. The van der Waals surface area contributed by atoms with Gasteiger partial charge in [-0.3, -0.25) is 4.79 Å². The van der Waals surface area contributed by atoms with Gasteiger partial charge in [0, 0.05) is 6.54 Å². The number of carbonyl (C=O) groups excluding carboxylic acids is 1. The maximum atomic E-state index is 11.0. The highest BCUT2D eigenvalue weighted by Crippen LogP contribution is 2.42. The summed E-state index contributed by atoms with van der Waals surface area (Å²) < 4.78 is 0. The van der Waals surface area contributed by atoms with Gasteiger partial charge >= 0.3 is 0 Å². The topological polar surface area (TPSA) is 52.9 Å². The Morgan fingerprint density at radius 3 is 2.69 bits per heavy atom. The Kier molecular flexibility index (Phi) is 3.30. The fourth-order valence-electron chi connectivity index (χ4n) is 1.75. The zero-order chi connectivity index (χ0) is 9.73. The molecule has 0 saturated heterocycles. The number of nitrogens with one attached hydrogen (secondary N) is 1. The van der Waals surface area contributed by atoms with Crippen LogP contribution in [0.1, 0.15) is 39.0 Å². The number of amides is 1. The standard InChI is InChI=1S/C10H16N2O/c1-2-10(5-3-6-10)8-12-9(13)4-7-11/h2-6,8H2,1H3,(H,12,13). The van der Waals surface area contributed by atoms with Crippen molar-refractivity contribution in [2.45, 2.75) is 39.0 Å². The first-order valence-electron chi connectivity index (χ1n) is 4.86. The van der Waals surface area contributed by atoms with E-state index in [2.05, 4.69) is 12.2 Å². The van der Waals surface area contributed by atoms with Crippen molar-refractivity contribution < 1.29 is 4.79 Å². The first-order valence-corrected chi connectivity index (χ1v) is 4.86. The van der Waals surface area contributed by atoms with Gasteiger partial charge < -0.3 is 5.32 Å². The molecule has 0 aliphatic heterocycles. The first kappa shape index (κ1) is 10.0. The lowest BCUT2D eigenvalue weighted by Crippen LogP contribution is -2.41. The largest absolute Gasteiger partial charge is 0.355 e. The lowest BCUT2D eigenvalue weighted by molar-refractivity contribution is -0.121. The average molecular weight is 180 g/mol. The van der Waals surface area contributed by atoms with E-state index in [0.717, 1.165) is 13.0 Å². The number of rotatable bonds is 4. The van der Waals surface area contributed by atoms with Gasteiger partial charge in [-0.2, -0.15) is 5.26 Å². The van der Waals surface area contributed by atoms with E-state index in [1.165, 1.54) is 19.3 Å². The van der Waals surface area contributed by atoms with E-state index in [1.54, 1.807) is 0 Å². The summed E-state index contributed by atoms with van der Waals surface area (Å²) in [6.45, 7) is 2.92. The van der Waals surface area contributed by atoms with E-state index >= 15 is 0 Å². The number of carbonyl (C=O) groups is 1.